The summed E-state index contributed by atoms with van der Waals surface area (Å²) in [5.74, 6) is 0.649. The molecule has 2 nitrogen and oxygen atoms in total. The van der Waals surface area contributed by atoms with Crippen molar-refractivity contribution in [3.63, 3.8) is 0 Å². The third kappa shape index (κ3) is 7.99. The quantitative estimate of drug-likeness (QED) is 0.150. The van der Waals surface area contributed by atoms with Crippen LogP contribution in [0.4, 0.5) is 34.1 Å². The molecule has 6 aliphatic carbocycles. The summed E-state index contributed by atoms with van der Waals surface area (Å²) in [6, 6.07) is 71.4. The van der Waals surface area contributed by atoms with E-state index in [0.717, 1.165) is 25.7 Å². The van der Waals surface area contributed by atoms with Crippen molar-refractivity contribution in [2.75, 3.05) is 9.80 Å². The zero-order valence-corrected chi connectivity index (χ0v) is 38.1. The van der Waals surface area contributed by atoms with Crippen LogP contribution in [0.15, 0.2) is 188 Å². The highest BCUT2D eigenvalue weighted by atomic mass is 15.2. The van der Waals surface area contributed by atoms with Crippen molar-refractivity contribution in [1.29, 1.82) is 0 Å². The molecule has 2 heteroatoms. The largest absolute Gasteiger partial charge is 0.310 e. The molecular weight excluding hydrogens is 785 g/mol. The minimum Gasteiger partial charge on any atom is -0.310 e. The van der Waals surface area contributed by atoms with Gasteiger partial charge in [0.1, 0.15) is 0 Å². The van der Waals surface area contributed by atoms with Crippen LogP contribution in [-0.4, -0.2) is 0 Å². The molecule has 0 N–H and O–H groups in total. The van der Waals surface area contributed by atoms with Crippen LogP contribution < -0.4 is 9.80 Å². The molecule has 0 aromatic heterocycles. The zero-order valence-electron chi connectivity index (χ0n) is 38.1. The van der Waals surface area contributed by atoms with Crippen molar-refractivity contribution in [3.05, 3.63) is 227 Å². The first-order chi connectivity index (χ1) is 32.0. The van der Waals surface area contributed by atoms with Crippen LogP contribution in [-0.2, 0) is 31.1 Å². The van der Waals surface area contributed by atoms with Gasteiger partial charge in [-0.3, -0.25) is 0 Å². The average molecular weight is 845 g/mol. The highest BCUT2D eigenvalue weighted by molar-refractivity contribution is 5.94. The van der Waals surface area contributed by atoms with Crippen LogP contribution in [0.25, 0.3) is 22.3 Å². The van der Waals surface area contributed by atoms with Gasteiger partial charge in [-0.15, -0.1) is 0 Å². The van der Waals surface area contributed by atoms with E-state index in [1.165, 1.54) is 140 Å². The standard InChI is InChI=1S/C63H60N2/c1-63(2)58-27-17-26-56(49-20-11-6-12-21-49)62(58)57-41-40-55(44-59(57)63)65(54-38-36-48(37-39-54)47-18-9-4-3-5-10-19-47)61-43-46-29-33-50-32-28-45(30-34-51(61)35-31-46)42-60(50)64(52-22-13-7-14-23-52)53-24-15-8-16-25-53/h6-8,11-17,20-28,31-32,35-44,47H,3-5,9-10,18-19,29-30,33-34H2,1-2H3. The maximum Gasteiger partial charge on any atom is 0.0496 e. The van der Waals surface area contributed by atoms with E-state index in [9.17, 15) is 0 Å². The van der Waals surface area contributed by atoms with Gasteiger partial charge in [0.25, 0.3) is 0 Å². The fourth-order valence-electron chi connectivity index (χ4n) is 11.4. The molecule has 0 amide bonds. The van der Waals surface area contributed by atoms with E-state index >= 15 is 0 Å². The van der Waals surface area contributed by atoms with Crippen molar-refractivity contribution in [1.82, 2.24) is 0 Å². The monoisotopic (exact) mass is 844 g/mol. The smallest absolute Gasteiger partial charge is 0.0496 e. The fraction of sp³-hybridized carbons (Fsp3) is 0.238. The van der Waals surface area contributed by atoms with Gasteiger partial charge >= 0.3 is 0 Å². The second-order valence-corrected chi connectivity index (χ2v) is 19.4. The maximum atomic E-state index is 2.60. The molecule has 1 saturated carbocycles. The topological polar surface area (TPSA) is 6.48 Å². The summed E-state index contributed by atoms with van der Waals surface area (Å²) >= 11 is 0. The van der Waals surface area contributed by atoms with Crippen LogP contribution in [0.1, 0.15) is 104 Å². The van der Waals surface area contributed by atoms with E-state index in [1.807, 2.05) is 0 Å². The predicted octanol–water partition coefficient (Wildman–Crippen LogP) is 17.3. The van der Waals surface area contributed by atoms with Gasteiger partial charge in [0.2, 0.25) is 0 Å². The summed E-state index contributed by atoms with van der Waals surface area (Å²) < 4.78 is 0. The molecule has 65 heavy (non-hydrogen) atoms. The summed E-state index contributed by atoms with van der Waals surface area (Å²) in [4.78, 5) is 5.06. The van der Waals surface area contributed by atoms with E-state index in [0.29, 0.717) is 5.92 Å². The number of benzene rings is 8. The van der Waals surface area contributed by atoms with Crippen molar-refractivity contribution in [3.8, 4) is 22.3 Å². The highest BCUT2D eigenvalue weighted by Gasteiger charge is 2.38. The van der Waals surface area contributed by atoms with Crippen LogP contribution in [0.2, 0.25) is 0 Å². The highest BCUT2D eigenvalue weighted by Crippen LogP contribution is 2.54. The number of nitrogens with zero attached hydrogens (tertiary/aromatic N) is 2. The van der Waals surface area contributed by atoms with E-state index in [1.54, 1.807) is 0 Å². The molecule has 6 aliphatic rings. The molecule has 0 saturated heterocycles. The Bertz CT molecular complexity index is 2880. The Morgan fingerprint density at radius 3 is 1.52 bits per heavy atom. The number of aryl methyl sites for hydroxylation is 4. The van der Waals surface area contributed by atoms with Gasteiger partial charge in [-0.2, -0.15) is 0 Å². The van der Waals surface area contributed by atoms with Gasteiger partial charge in [0.05, 0.1) is 0 Å². The molecular formula is C63H60N2. The third-order valence-corrected chi connectivity index (χ3v) is 14.9. The Morgan fingerprint density at radius 1 is 0.400 bits per heavy atom. The third-order valence-electron chi connectivity index (χ3n) is 14.9. The van der Waals surface area contributed by atoms with Crippen LogP contribution in [0.5, 0.6) is 0 Å². The molecule has 0 spiro atoms. The molecule has 8 aromatic carbocycles. The summed E-state index contributed by atoms with van der Waals surface area (Å²) in [5.41, 5.74) is 22.3. The molecule has 322 valence electrons. The molecule has 14 rings (SSSR count). The number of rotatable bonds is 8. The molecule has 4 bridgehead atoms. The molecule has 8 aromatic rings. The van der Waals surface area contributed by atoms with Crippen LogP contribution in [0.3, 0.4) is 0 Å². The SMILES string of the molecule is CC1(C)c2cc(N(c3ccc(C4CCCCCCC4)cc3)c3cc4ccc3CCc3ccc(c(N(c5ccccc5)c5ccccc5)c3)CC4)ccc2-c2c(-c3ccccc3)cccc21. The van der Waals surface area contributed by atoms with E-state index in [4.69, 9.17) is 0 Å². The Kier molecular flexibility index (Phi) is 11.2. The summed E-state index contributed by atoms with van der Waals surface area (Å²) in [6.07, 6.45) is 13.2. The number of para-hydroxylation sites is 2. The lowest BCUT2D eigenvalue weighted by Crippen LogP contribution is -2.18. The molecule has 1 fully saturated rings. The number of fused-ring (bicyclic) bond motifs is 3. The lowest BCUT2D eigenvalue weighted by atomic mass is 9.81. The Balaban J connectivity index is 1.01. The van der Waals surface area contributed by atoms with Gasteiger partial charge in [0.15, 0.2) is 0 Å². The van der Waals surface area contributed by atoms with Crippen molar-refractivity contribution in [2.45, 2.75) is 95.8 Å². The maximum absolute atomic E-state index is 2.60. The Labute approximate surface area is 387 Å². The Morgan fingerprint density at radius 2 is 0.923 bits per heavy atom. The normalized spacial score (nSPS) is 15.5. The van der Waals surface area contributed by atoms with E-state index < -0.39 is 0 Å². The molecule has 0 aliphatic heterocycles. The molecule has 0 heterocycles. The second-order valence-electron chi connectivity index (χ2n) is 19.4. The molecule has 0 radical (unpaired) electrons. The predicted molar refractivity (Wildman–Crippen MR) is 275 cm³/mol. The van der Waals surface area contributed by atoms with Gasteiger partial charge in [-0.05, 0) is 166 Å². The average Bonchev–Trinajstić information content (AvgIpc) is 3.57. The number of hydrogen-bond acceptors (Lipinski definition) is 2. The summed E-state index contributed by atoms with van der Waals surface area (Å²) in [7, 11) is 0. The van der Waals surface area contributed by atoms with E-state index in [-0.39, 0.29) is 5.41 Å². The van der Waals surface area contributed by atoms with Gasteiger partial charge in [0, 0.05) is 39.5 Å². The first-order valence-electron chi connectivity index (χ1n) is 24.4. The molecule has 0 atom stereocenters. The lowest BCUT2D eigenvalue weighted by molar-refractivity contribution is 0.455. The van der Waals surface area contributed by atoms with Gasteiger partial charge in [-0.1, -0.05) is 173 Å². The van der Waals surface area contributed by atoms with Crippen molar-refractivity contribution >= 4 is 34.1 Å². The Hall–Kier alpha value is -6.64. The van der Waals surface area contributed by atoms with Crippen LogP contribution in [0, 0.1) is 0 Å². The zero-order chi connectivity index (χ0) is 43.7. The first kappa shape index (κ1) is 41.1. The van der Waals surface area contributed by atoms with Crippen molar-refractivity contribution < 1.29 is 0 Å². The van der Waals surface area contributed by atoms with Crippen LogP contribution >= 0.6 is 0 Å². The van der Waals surface area contributed by atoms with E-state index in [2.05, 4.69) is 212 Å². The fourth-order valence-corrected chi connectivity index (χ4v) is 11.4. The minimum absolute atomic E-state index is 0.155. The molecule has 0 unspecified atom stereocenters. The van der Waals surface area contributed by atoms with Gasteiger partial charge in [-0.25, -0.2) is 0 Å². The minimum atomic E-state index is -0.155. The number of hydrogen-bond donors (Lipinski definition) is 0. The first-order valence-corrected chi connectivity index (χ1v) is 24.4. The van der Waals surface area contributed by atoms with Crippen molar-refractivity contribution in [2.24, 2.45) is 0 Å². The number of anilines is 6. The van der Waals surface area contributed by atoms with Gasteiger partial charge < -0.3 is 9.80 Å². The lowest BCUT2D eigenvalue weighted by Gasteiger charge is -2.31. The second kappa shape index (κ2) is 17.7. The summed E-state index contributed by atoms with van der Waals surface area (Å²) in [5, 5.41) is 0. The summed E-state index contributed by atoms with van der Waals surface area (Å²) in [6.45, 7) is 4.84.